The molecule has 0 N–H and O–H groups in total. The summed E-state index contributed by atoms with van der Waals surface area (Å²) in [6, 6.07) is 5.05. The number of carbonyl (C=O) groups excluding carboxylic acids is 1. The Morgan fingerprint density at radius 2 is 1.90 bits per heavy atom. The molecule has 1 amide bonds. The molecule has 1 aromatic heterocycles. The van der Waals surface area contributed by atoms with Crippen LogP contribution >= 0.6 is 11.3 Å². The highest BCUT2D eigenvalue weighted by Crippen LogP contribution is 2.33. The summed E-state index contributed by atoms with van der Waals surface area (Å²) in [5, 5.41) is 0.607. The molecule has 20 heavy (non-hydrogen) atoms. The van der Waals surface area contributed by atoms with Crippen molar-refractivity contribution in [3.63, 3.8) is 0 Å². The number of amides is 1. The maximum absolute atomic E-state index is 13.9. The Morgan fingerprint density at radius 1 is 1.20 bits per heavy atom. The van der Waals surface area contributed by atoms with Crippen LogP contribution in [0.4, 0.5) is 4.39 Å². The average molecular weight is 291 g/mol. The number of rotatable bonds is 1. The first kappa shape index (κ1) is 13.6. The summed E-state index contributed by atoms with van der Waals surface area (Å²) in [5.74, 6) is -0.156. The molecule has 1 aromatic carbocycles. The number of nitrogens with zero attached hydrogens (tertiary/aromatic N) is 1. The summed E-state index contributed by atoms with van der Waals surface area (Å²) in [6.07, 6.45) is 4.54. The van der Waals surface area contributed by atoms with E-state index in [0.717, 1.165) is 36.2 Å². The molecule has 4 heteroatoms. The number of aryl methyl sites for hydroxylation is 1. The fourth-order valence-electron chi connectivity index (χ4n) is 2.87. The van der Waals surface area contributed by atoms with Crippen molar-refractivity contribution in [2.75, 3.05) is 13.1 Å². The largest absolute Gasteiger partial charge is 0.338 e. The summed E-state index contributed by atoms with van der Waals surface area (Å²) in [6.45, 7) is 3.51. The predicted octanol–water partition coefficient (Wildman–Crippen LogP) is 4.37. The Morgan fingerprint density at radius 3 is 2.55 bits per heavy atom. The highest BCUT2D eigenvalue weighted by atomic mass is 32.1. The molecule has 0 radical (unpaired) electrons. The standard InChI is InChI=1S/C16H18FNOS/c1-11-14-12(17)7-6-8-13(14)20-15(11)16(19)18-9-4-2-3-5-10-18/h6-8H,2-5,9-10H2,1H3. The van der Waals surface area contributed by atoms with Gasteiger partial charge in [-0.2, -0.15) is 0 Å². The molecule has 1 fully saturated rings. The van der Waals surface area contributed by atoms with Crippen LogP contribution in [0.2, 0.25) is 0 Å². The van der Waals surface area contributed by atoms with Gasteiger partial charge in [-0.25, -0.2) is 4.39 Å². The maximum atomic E-state index is 13.9. The SMILES string of the molecule is Cc1c(C(=O)N2CCCCCC2)sc2cccc(F)c12. The Labute approximate surface area is 122 Å². The van der Waals surface area contributed by atoms with Gasteiger partial charge in [0.2, 0.25) is 0 Å². The third-order valence-electron chi connectivity index (χ3n) is 3.99. The minimum atomic E-state index is -0.230. The van der Waals surface area contributed by atoms with Gasteiger partial charge < -0.3 is 4.90 Å². The molecule has 0 aliphatic carbocycles. The smallest absolute Gasteiger partial charge is 0.264 e. The van der Waals surface area contributed by atoms with E-state index in [0.29, 0.717) is 10.3 Å². The molecule has 1 aliphatic heterocycles. The topological polar surface area (TPSA) is 20.3 Å². The van der Waals surface area contributed by atoms with Gasteiger partial charge in [-0.3, -0.25) is 4.79 Å². The summed E-state index contributed by atoms with van der Waals surface area (Å²) in [4.78, 5) is 15.3. The fraction of sp³-hybridized carbons (Fsp3) is 0.438. The van der Waals surface area contributed by atoms with E-state index < -0.39 is 0 Å². The number of fused-ring (bicyclic) bond motifs is 1. The quantitative estimate of drug-likeness (QED) is 0.764. The van der Waals surface area contributed by atoms with Crippen molar-refractivity contribution in [1.82, 2.24) is 4.90 Å². The Balaban J connectivity index is 1.99. The van der Waals surface area contributed by atoms with Crippen molar-refractivity contribution in [2.24, 2.45) is 0 Å². The maximum Gasteiger partial charge on any atom is 0.264 e. The number of halogens is 1. The molecule has 2 aromatic rings. The van der Waals surface area contributed by atoms with Gasteiger partial charge in [-0.15, -0.1) is 11.3 Å². The Bertz CT molecular complexity index is 641. The summed E-state index contributed by atoms with van der Waals surface area (Å²) in [5.41, 5.74) is 0.789. The number of likely N-dealkylation sites (tertiary alicyclic amines) is 1. The molecule has 3 rings (SSSR count). The summed E-state index contributed by atoms with van der Waals surface area (Å²) >= 11 is 1.42. The van der Waals surface area contributed by atoms with Crippen molar-refractivity contribution >= 4 is 27.3 Å². The molecule has 1 aliphatic rings. The zero-order valence-corrected chi connectivity index (χ0v) is 12.4. The fourth-order valence-corrected chi connectivity index (χ4v) is 4.07. The lowest BCUT2D eigenvalue weighted by Gasteiger charge is -2.19. The van der Waals surface area contributed by atoms with Crippen molar-refractivity contribution in [1.29, 1.82) is 0 Å². The van der Waals surface area contributed by atoms with E-state index >= 15 is 0 Å². The van der Waals surface area contributed by atoms with Crippen molar-refractivity contribution in [3.05, 3.63) is 34.5 Å². The molecular formula is C16H18FNOS. The van der Waals surface area contributed by atoms with E-state index in [9.17, 15) is 9.18 Å². The first-order valence-corrected chi connectivity index (χ1v) is 7.97. The molecule has 1 saturated heterocycles. The zero-order valence-electron chi connectivity index (χ0n) is 11.6. The highest BCUT2D eigenvalue weighted by molar-refractivity contribution is 7.21. The van der Waals surface area contributed by atoms with Gasteiger partial charge in [0.1, 0.15) is 5.82 Å². The molecule has 0 bridgehead atoms. The second-order valence-corrected chi connectivity index (χ2v) is 6.43. The van der Waals surface area contributed by atoms with Crippen LogP contribution in [0.3, 0.4) is 0 Å². The van der Waals surface area contributed by atoms with Crippen LogP contribution in [-0.2, 0) is 0 Å². The van der Waals surface area contributed by atoms with Crippen molar-refractivity contribution < 1.29 is 9.18 Å². The lowest BCUT2D eigenvalue weighted by Crippen LogP contribution is -2.31. The van der Waals surface area contributed by atoms with Crippen molar-refractivity contribution in [2.45, 2.75) is 32.6 Å². The molecule has 2 nitrogen and oxygen atoms in total. The van der Waals surface area contributed by atoms with Gasteiger partial charge in [-0.05, 0) is 37.5 Å². The van der Waals surface area contributed by atoms with E-state index in [4.69, 9.17) is 0 Å². The molecule has 0 saturated carbocycles. The number of hydrogen-bond acceptors (Lipinski definition) is 2. The molecule has 2 heterocycles. The lowest BCUT2D eigenvalue weighted by molar-refractivity contribution is 0.0766. The van der Waals surface area contributed by atoms with Crippen LogP contribution in [-0.4, -0.2) is 23.9 Å². The van der Waals surface area contributed by atoms with Crippen LogP contribution in [0.1, 0.15) is 40.9 Å². The first-order valence-electron chi connectivity index (χ1n) is 7.15. The molecule has 0 spiro atoms. The zero-order chi connectivity index (χ0) is 14.1. The van der Waals surface area contributed by atoms with Gasteiger partial charge in [-0.1, -0.05) is 18.9 Å². The van der Waals surface area contributed by atoms with E-state index in [1.54, 1.807) is 6.07 Å². The second-order valence-electron chi connectivity index (χ2n) is 5.38. The number of carbonyl (C=O) groups is 1. The Hall–Kier alpha value is -1.42. The van der Waals surface area contributed by atoms with Gasteiger partial charge in [0.05, 0.1) is 4.88 Å². The third-order valence-corrected chi connectivity index (χ3v) is 5.24. The normalized spacial score (nSPS) is 16.4. The third kappa shape index (κ3) is 2.33. The molecule has 0 unspecified atom stereocenters. The van der Waals surface area contributed by atoms with E-state index in [1.807, 2.05) is 17.9 Å². The van der Waals surface area contributed by atoms with Gasteiger partial charge in [0, 0.05) is 23.2 Å². The highest BCUT2D eigenvalue weighted by Gasteiger charge is 2.23. The second kappa shape index (κ2) is 5.52. The van der Waals surface area contributed by atoms with Crippen LogP contribution in [0.5, 0.6) is 0 Å². The molecule has 0 atom stereocenters. The van der Waals surface area contributed by atoms with Crippen LogP contribution in [0, 0.1) is 12.7 Å². The Kier molecular flexibility index (Phi) is 3.74. The minimum absolute atomic E-state index is 0.0741. The van der Waals surface area contributed by atoms with Gasteiger partial charge >= 0.3 is 0 Å². The lowest BCUT2D eigenvalue weighted by atomic mass is 10.1. The van der Waals surface area contributed by atoms with Gasteiger partial charge in [0.25, 0.3) is 5.91 Å². The van der Waals surface area contributed by atoms with E-state index in [-0.39, 0.29) is 11.7 Å². The summed E-state index contributed by atoms with van der Waals surface area (Å²) in [7, 11) is 0. The first-order chi connectivity index (χ1) is 9.68. The molecular weight excluding hydrogens is 273 g/mol. The number of thiophene rings is 1. The molecule has 106 valence electrons. The van der Waals surface area contributed by atoms with Gasteiger partial charge in [0.15, 0.2) is 0 Å². The number of benzene rings is 1. The summed E-state index contributed by atoms with van der Waals surface area (Å²) < 4.78 is 14.8. The van der Waals surface area contributed by atoms with E-state index in [2.05, 4.69) is 0 Å². The van der Waals surface area contributed by atoms with E-state index in [1.165, 1.54) is 30.2 Å². The number of hydrogen-bond donors (Lipinski definition) is 0. The van der Waals surface area contributed by atoms with Crippen LogP contribution < -0.4 is 0 Å². The predicted molar refractivity (Wildman–Crippen MR) is 80.9 cm³/mol. The monoisotopic (exact) mass is 291 g/mol. The van der Waals surface area contributed by atoms with Crippen LogP contribution in [0.25, 0.3) is 10.1 Å². The van der Waals surface area contributed by atoms with Crippen LogP contribution in [0.15, 0.2) is 18.2 Å². The van der Waals surface area contributed by atoms with Crippen molar-refractivity contribution in [3.8, 4) is 0 Å². The minimum Gasteiger partial charge on any atom is -0.338 e. The average Bonchev–Trinajstić information content (AvgIpc) is 2.65.